The smallest absolute Gasteiger partial charge is 0.344 e. The number of carbonyl (C=O) groups is 3. The lowest BCUT2D eigenvalue weighted by molar-refractivity contribution is -0.146. The van der Waals surface area contributed by atoms with Gasteiger partial charge in [-0.05, 0) is 30.2 Å². The largest absolute Gasteiger partial charge is 0.482 e. The molecule has 25 heavy (non-hydrogen) atoms. The van der Waals surface area contributed by atoms with E-state index in [4.69, 9.17) is 14.2 Å². The van der Waals surface area contributed by atoms with Crippen LogP contribution >= 0.6 is 0 Å². The maximum atomic E-state index is 11.7. The van der Waals surface area contributed by atoms with Gasteiger partial charge in [-0.2, -0.15) is 0 Å². The van der Waals surface area contributed by atoms with Crippen molar-refractivity contribution in [1.82, 2.24) is 0 Å². The van der Waals surface area contributed by atoms with Crippen molar-refractivity contribution >= 4 is 23.8 Å². The van der Waals surface area contributed by atoms with Crippen LogP contribution in [0.1, 0.15) is 25.3 Å². The number of esters is 2. The zero-order valence-corrected chi connectivity index (χ0v) is 14.2. The maximum absolute atomic E-state index is 11.7. The SMILES string of the molecule is C=CCOC(=O)CC(=O)C=Cc1cccc(OCC(=O)OCCC)c1. The van der Waals surface area contributed by atoms with Crippen LogP contribution in [-0.4, -0.2) is 37.5 Å². The molecule has 0 aliphatic heterocycles. The molecule has 0 heterocycles. The number of hydrogen-bond acceptors (Lipinski definition) is 6. The zero-order chi connectivity index (χ0) is 18.5. The average molecular weight is 346 g/mol. The Labute approximate surface area is 147 Å². The predicted molar refractivity (Wildman–Crippen MR) is 93.0 cm³/mol. The summed E-state index contributed by atoms with van der Waals surface area (Å²) in [6.45, 7) is 5.59. The monoisotopic (exact) mass is 346 g/mol. The minimum atomic E-state index is -0.600. The first-order chi connectivity index (χ1) is 12.0. The third kappa shape index (κ3) is 9.10. The van der Waals surface area contributed by atoms with Gasteiger partial charge >= 0.3 is 11.9 Å². The lowest BCUT2D eigenvalue weighted by Gasteiger charge is -2.06. The number of rotatable bonds is 11. The van der Waals surface area contributed by atoms with E-state index in [1.54, 1.807) is 30.3 Å². The molecular weight excluding hydrogens is 324 g/mol. The number of ketones is 1. The van der Waals surface area contributed by atoms with Crippen molar-refractivity contribution in [3.05, 3.63) is 48.6 Å². The molecule has 0 radical (unpaired) electrons. The fourth-order valence-corrected chi connectivity index (χ4v) is 1.70. The van der Waals surface area contributed by atoms with Gasteiger partial charge in [-0.15, -0.1) is 0 Å². The summed E-state index contributed by atoms with van der Waals surface area (Å²) >= 11 is 0. The van der Waals surface area contributed by atoms with Gasteiger partial charge in [0.25, 0.3) is 0 Å². The van der Waals surface area contributed by atoms with Crippen molar-refractivity contribution in [1.29, 1.82) is 0 Å². The Morgan fingerprint density at radius 1 is 1.16 bits per heavy atom. The van der Waals surface area contributed by atoms with Crippen LogP contribution in [0.2, 0.25) is 0 Å². The molecule has 6 nitrogen and oxygen atoms in total. The summed E-state index contributed by atoms with van der Waals surface area (Å²) in [6.07, 6.45) is 4.71. The number of carbonyl (C=O) groups excluding carboxylic acids is 3. The molecule has 6 heteroatoms. The number of ether oxygens (including phenoxy) is 3. The summed E-state index contributed by atoms with van der Waals surface area (Å²) in [5.74, 6) is -0.926. The minimum absolute atomic E-state index is 0.0793. The van der Waals surface area contributed by atoms with Gasteiger partial charge < -0.3 is 14.2 Å². The highest BCUT2D eigenvalue weighted by molar-refractivity contribution is 6.03. The third-order valence-electron chi connectivity index (χ3n) is 2.82. The van der Waals surface area contributed by atoms with Crippen LogP contribution in [0, 0.1) is 0 Å². The van der Waals surface area contributed by atoms with E-state index in [1.807, 2.05) is 6.92 Å². The summed E-state index contributed by atoms with van der Waals surface area (Å²) in [5.41, 5.74) is 0.701. The van der Waals surface area contributed by atoms with Gasteiger partial charge in [0, 0.05) is 0 Å². The van der Waals surface area contributed by atoms with Gasteiger partial charge in [-0.25, -0.2) is 4.79 Å². The first-order valence-electron chi connectivity index (χ1n) is 7.91. The van der Waals surface area contributed by atoms with E-state index in [2.05, 4.69) is 6.58 Å². The van der Waals surface area contributed by atoms with E-state index in [-0.39, 0.29) is 25.4 Å². The molecule has 0 bridgehead atoms. The Balaban J connectivity index is 2.51. The van der Waals surface area contributed by atoms with E-state index in [1.165, 1.54) is 12.2 Å². The molecule has 1 aromatic rings. The molecule has 0 spiro atoms. The molecule has 0 aliphatic rings. The highest BCUT2D eigenvalue weighted by Crippen LogP contribution is 2.14. The summed E-state index contributed by atoms with van der Waals surface area (Å²) < 4.78 is 15.0. The molecule has 134 valence electrons. The fourth-order valence-electron chi connectivity index (χ4n) is 1.70. The lowest BCUT2D eigenvalue weighted by atomic mass is 10.1. The molecule has 0 N–H and O–H groups in total. The van der Waals surface area contributed by atoms with E-state index in [0.29, 0.717) is 17.9 Å². The van der Waals surface area contributed by atoms with Gasteiger partial charge in [0.15, 0.2) is 12.4 Å². The quantitative estimate of drug-likeness (QED) is 0.265. The second kappa shape index (κ2) is 11.6. The van der Waals surface area contributed by atoms with Crippen molar-refractivity contribution in [2.45, 2.75) is 19.8 Å². The summed E-state index contributed by atoms with van der Waals surface area (Å²) in [6, 6.07) is 6.86. The van der Waals surface area contributed by atoms with Crippen LogP contribution in [0.3, 0.4) is 0 Å². The Kier molecular flexibility index (Phi) is 9.36. The number of benzene rings is 1. The Hall–Kier alpha value is -2.89. The van der Waals surface area contributed by atoms with Gasteiger partial charge in [-0.1, -0.05) is 37.8 Å². The molecule has 0 saturated carbocycles. The molecule has 0 atom stereocenters. The highest BCUT2D eigenvalue weighted by atomic mass is 16.6. The molecular formula is C19H22O6. The first kappa shape index (κ1) is 20.2. The van der Waals surface area contributed by atoms with Gasteiger partial charge in [0.1, 0.15) is 18.8 Å². The average Bonchev–Trinajstić information content (AvgIpc) is 2.61. The molecule has 0 saturated heterocycles. The summed E-state index contributed by atoms with van der Waals surface area (Å²) in [7, 11) is 0. The van der Waals surface area contributed by atoms with E-state index in [0.717, 1.165) is 6.42 Å². The Bertz CT molecular complexity index is 633. The molecule has 1 rings (SSSR count). The van der Waals surface area contributed by atoms with E-state index >= 15 is 0 Å². The third-order valence-corrected chi connectivity index (χ3v) is 2.82. The molecule has 0 fully saturated rings. The second-order valence-corrected chi connectivity index (χ2v) is 5.03. The standard InChI is InChI=1S/C19H22O6/c1-3-10-23-18(21)13-16(20)9-8-15-6-5-7-17(12-15)25-14-19(22)24-11-4-2/h3,5-9,12H,1,4,10-11,13-14H2,2H3. The molecule has 0 aliphatic carbocycles. The van der Waals surface area contributed by atoms with Crippen LogP contribution in [0.15, 0.2) is 43.0 Å². The summed E-state index contributed by atoms with van der Waals surface area (Å²) in [5, 5.41) is 0. The van der Waals surface area contributed by atoms with Crippen LogP contribution in [-0.2, 0) is 23.9 Å². The molecule has 0 amide bonds. The Morgan fingerprint density at radius 2 is 1.96 bits per heavy atom. The van der Waals surface area contributed by atoms with Crippen LogP contribution < -0.4 is 4.74 Å². The topological polar surface area (TPSA) is 78.9 Å². The van der Waals surface area contributed by atoms with Crippen molar-refractivity contribution < 1.29 is 28.6 Å². The number of hydrogen-bond donors (Lipinski definition) is 0. The van der Waals surface area contributed by atoms with Gasteiger partial charge in [0.05, 0.1) is 6.61 Å². The molecule has 1 aromatic carbocycles. The van der Waals surface area contributed by atoms with Gasteiger partial charge in [0.2, 0.25) is 0 Å². The lowest BCUT2D eigenvalue weighted by Crippen LogP contribution is -2.15. The van der Waals surface area contributed by atoms with Gasteiger partial charge in [-0.3, -0.25) is 9.59 Å². The predicted octanol–water partition coefficient (Wildman–Crippen LogP) is 2.72. The molecule has 0 aromatic heterocycles. The summed E-state index contributed by atoms with van der Waals surface area (Å²) in [4.78, 5) is 34.4. The zero-order valence-electron chi connectivity index (χ0n) is 14.2. The van der Waals surface area contributed by atoms with E-state index in [9.17, 15) is 14.4 Å². The van der Waals surface area contributed by atoms with E-state index < -0.39 is 11.9 Å². The minimum Gasteiger partial charge on any atom is -0.482 e. The maximum Gasteiger partial charge on any atom is 0.344 e. The first-order valence-corrected chi connectivity index (χ1v) is 7.91. The normalized spacial score (nSPS) is 10.3. The highest BCUT2D eigenvalue weighted by Gasteiger charge is 2.07. The van der Waals surface area contributed by atoms with Crippen molar-refractivity contribution in [3.63, 3.8) is 0 Å². The molecule has 0 unspecified atom stereocenters. The second-order valence-electron chi connectivity index (χ2n) is 5.03. The van der Waals surface area contributed by atoms with Crippen molar-refractivity contribution in [2.24, 2.45) is 0 Å². The van der Waals surface area contributed by atoms with Crippen molar-refractivity contribution in [3.8, 4) is 5.75 Å². The number of allylic oxidation sites excluding steroid dienone is 1. The van der Waals surface area contributed by atoms with Crippen LogP contribution in [0.4, 0.5) is 0 Å². The van der Waals surface area contributed by atoms with Crippen molar-refractivity contribution in [2.75, 3.05) is 19.8 Å². The Morgan fingerprint density at radius 3 is 2.68 bits per heavy atom. The fraction of sp³-hybridized carbons (Fsp3) is 0.316. The van der Waals surface area contributed by atoms with Crippen LogP contribution in [0.5, 0.6) is 5.75 Å². The van der Waals surface area contributed by atoms with Crippen LogP contribution in [0.25, 0.3) is 6.08 Å².